The van der Waals surface area contributed by atoms with E-state index in [-0.39, 0.29) is 12.5 Å². The first kappa shape index (κ1) is 17.4. The van der Waals surface area contributed by atoms with E-state index in [9.17, 15) is 13.6 Å². The van der Waals surface area contributed by atoms with Crippen LogP contribution in [0.1, 0.15) is 24.1 Å². The van der Waals surface area contributed by atoms with Crippen LogP contribution in [0.3, 0.4) is 0 Å². The topological polar surface area (TPSA) is 41.1 Å². The fourth-order valence-corrected chi connectivity index (χ4v) is 2.40. The van der Waals surface area contributed by atoms with E-state index in [1.807, 2.05) is 6.92 Å². The zero-order chi connectivity index (χ0) is 17.0. The van der Waals surface area contributed by atoms with Crippen LogP contribution < -0.4 is 10.6 Å². The van der Waals surface area contributed by atoms with Gasteiger partial charge in [-0.3, -0.25) is 4.79 Å². The van der Waals surface area contributed by atoms with Gasteiger partial charge in [-0.25, -0.2) is 8.78 Å². The van der Waals surface area contributed by atoms with Crippen molar-refractivity contribution in [2.24, 2.45) is 0 Å². The molecule has 0 unspecified atom stereocenters. The van der Waals surface area contributed by atoms with Crippen LogP contribution in [0, 0.1) is 18.6 Å². The molecule has 122 valence electrons. The Morgan fingerprint density at radius 1 is 1.22 bits per heavy atom. The summed E-state index contributed by atoms with van der Waals surface area (Å²) >= 11 is 5.86. The van der Waals surface area contributed by atoms with Gasteiger partial charge in [-0.05, 0) is 43.7 Å². The summed E-state index contributed by atoms with van der Waals surface area (Å²) in [5.74, 6) is -1.53. The Kier molecular flexibility index (Phi) is 5.69. The van der Waals surface area contributed by atoms with Crippen LogP contribution in [0.15, 0.2) is 36.4 Å². The van der Waals surface area contributed by atoms with Gasteiger partial charge in [-0.1, -0.05) is 17.7 Å². The third kappa shape index (κ3) is 4.74. The fourth-order valence-electron chi connectivity index (χ4n) is 2.17. The molecule has 2 rings (SSSR count). The SMILES string of the molecule is Cc1cc(Cl)ccc1NC(=O)CN[C@@H](C)c1ccc(F)cc1F. The minimum Gasteiger partial charge on any atom is -0.325 e. The molecule has 0 saturated heterocycles. The second-order valence-corrected chi connectivity index (χ2v) is 5.71. The maximum atomic E-state index is 13.7. The van der Waals surface area contributed by atoms with E-state index in [1.54, 1.807) is 25.1 Å². The minimum atomic E-state index is -0.640. The van der Waals surface area contributed by atoms with Crippen molar-refractivity contribution in [3.63, 3.8) is 0 Å². The third-order valence-electron chi connectivity index (χ3n) is 3.46. The summed E-state index contributed by atoms with van der Waals surface area (Å²) < 4.78 is 26.6. The molecule has 0 saturated carbocycles. The van der Waals surface area contributed by atoms with E-state index in [0.717, 1.165) is 11.6 Å². The van der Waals surface area contributed by atoms with E-state index in [4.69, 9.17) is 11.6 Å². The van der Waals surface area contributed by atoms with Crippen LogP contribution in [-0.2, 0) is 4.79 Å². The van der Waals surface area contributed by atoms with Crippen LogP contribution in [0.5, 0.6) is 0 Å². The van der Waals surface area contributed by atoms with Gasteiger partial charge in [0.1, 0.15) is 11.6 Å². The minimum absolute atomic E-state index is 0.0000491. The largest absolute Gasteiger partial charge is 0.325 e. The molecule has 0 aliphatic rings. The number of rotatable bonds is 5. The number of carbonyl (C=O) groups is 1. The Morgan fingerprint density at radius 3 is 2.61 bits per heavy atom. The molecule has 6 heteroatoms. The lowest BCUT2D eigenvalue weighted by Gasteiger charge is -2.15. The van der Waals surface area contributed by atoms with Gasteiger partial charge >= 0.3 is 0 Å². The Morgan fingerprint density at radius 2 is 1.96 bits per heavy atom. The van der Waals surface area contributed by atoms with Crippen molar-refractivity contribution in [3.8, 4) is 0 Å². The monoisotopic (exact) mass is 338 g/mol. The summed E-state index contributed by atoms with van der Waals surface area (Å²) in [4.78, 5) is 12.0. The maximum absolute atomic E-state index is 13.7. The van der Waals surface area contributed by atoms with Crippen molar-refractivity contribution in [3.05, 3.63) is 64.2 Å². The molecular weight excluding hydrogens is 322 g/mol. The van der Waals surface area contributed by atoms with Crippen LogP contribution in [0.2, 0.25) is 5.02 Å². The molecule has 3 nitrogen and oxygen atoms in total. The number of benzene rings is 2. The second-order valence-electron chi connectivity index (χ2n) is 5.28. The Labute approximate surface area is 138 Å². The lowest BCUT2D eigenvalue weighted by molar-refractivity contribution is -0.115. The van der Waals surface area contributed by atoms with Crippen molar-refractivity contribution in [1.82, 2.24) is 5.32 Å². The Hall–Kier alpha value is -1.98. The second kappa shape index (κ2) is 7.53. The zero-order valence-corrected chi connectivity index (χ0v) is 13.5. The molecule has 1 atom stereocenters. The number of nitrogens with one attached hydrogen (secondary N) is 2. The molecule has 2 aromatic carbocycles. The molecule has 0 aliphatic heterocycles. The molecule has 0 aliphatic carbocycles. The van der Waals surface area contributed by atoms with Gasteiger partial charge in [0.25, 0.3) is 0 Å². The number of hydrogen-bond acceptors (Lipinski definition) is 2. The summed E-state index contributed by atoms with van der Waals surface area (Å²) in [6, 6.07) is 8.11. The van der Waals surface area contributed by atoms with Crippen molar-refractivity contribution < 1.29 is 13.6 Å². The molecule has 1 amide bonds. The van der Waals surface area contributed by atoms with Gasteiger partial charge in [0.05, 0.1) is 6.54 Å². The molecule has 0 heterocycles. The highest BCUT2D eigenvalue weighted by Gasteiger charge is 2.13. The molecule has 0 radical (unpaired) electrons. The van der Waals surface area contributed by atoms with Gasteiger partial charge in [-0.2, -0.15) is 0 Å². The first-order valence-corrected chi connectivity index (χ1v) is 7.49. The predicted molar refractivity (Wildman–Crippen MR) is 87.6 cm³/mol. The summed E-state index contributed by atoms with van der Waals surface area (Å²) in [5.41, 5.74) is 1.83. The Bertz CT molecular complexity index is 722. The molecule has 2 N–H and O–H groups in total. The van der Waals surface area contributed by atoms with Crippen molar-refractivity contribution >= 4 is 23.2 Å². The highest BCUT2D eigenvalue weighted by molar-refractivity contribution is 6.30. The van der Waals surface area contributed by atoms with E-state index >= 15 is 0 Å². The lowest BCUT2D eigenvalue weighted by Crippen LogP contribution is -2.30. The standard InChI is InChI=1S/C17H17ClF2N2O/c1-10-7-12(18)3-6-16(10)22-17(23)9-21-11(2)14-5-4-13(19)8-15(14)20/h3-8,11,21H,9H2,1-2H3,(H,22,23)/t11-/m0/s1. The van der Waals surface area contributed by atoms with E-state index in [2.05, 4.69) is 10.6 Å². The number of hydrogen-bond donors (Lipinski definition) is 2. The lowest BCUT2D eigenvalue weighted by atomic mass is 10.1. The number of halogens is 3. The highest BCUT2D eigenvalue weighted by atomic mass is 35.5. The Balaban J connectivity index is 1.93. The van der Waals surface area contributed by atoms with Crippen LogP contribution >= 0.6 is 11.6 Å². The molecule has 0 fully saturated rings. The van der Waals surface area contributed by atoms with E-state index in [1.165, 1.54) is 12.1 Å². The first-order chi connectivity index (χ1) is 10.9. The normalized spacial score (nSPS) is 12.0. The van der Waals surface area contributed by atoms with E-state index < -0.39 is 17.7 Å². The summed E-state index contributed by atoms with van der Waals surface area (Å²) in [7, 11) is 0. The van der Waals surface area contributed by atoms with Crippen molar-refractivity contribution in [2.45, 2.75) is 19.9 Å². The zero-order valence-electron chi connectivity index (χ0n) is 12.8. The number of aryl methyl sites for hydroxylation is 1. The quantitative estimate of drug-likeness (QED) is 0.857. The molecule has 0 aromatic heterocycles. The third-order valence-corrected chi connectivity index (χ3v) is 3.70. The summed E-state index contributed by atoms with van der Waals surface area (Å²) in [6.45, 7) is 3.54. The van der Waals surface area contributed by atoms with Gasteiger partial charge in [0.2, 0.25) is 5.91 Å². The average molecular weight is 339 g/mol. The number of amides is 1. The van der Waals surface area contributed by atoms with Crippen LogP contribution in [0.4, 0.5) is 14.5 Å². The first-order valence-electron chi connectivity index (χ1n) is 7.11. The van der Waals surface area contributed by atoms with E-state index in [0.29, 0.717) is 16.3 Å². The maximum Gasteiger partial charge on any atom is 0.238 e. The molecule has 0 spiro atoms. The average Bonchev–Trinajstić information content (AvgIpc) is 2.48. The van der Waals surface area contributed by atoms with Gasteiger partial charge in [0.15, 0.2) is 0 Å². The van der Waals surface area contributed by atoms with Gasteiger partial charge in [-0.15, -0.1) is 0 Å². The molecule has 0 bridgehead atoms. The summed E-state index contributed by atoms with van der Waals surface area (Å²) in [5, 5.41) is 6.26. The molecule has 23 heavy (non-hydrogen) atoms. The fraction of sp³-hybridized carbons (Fsp3) is 0.235. The van der Waals surface area contributed by atoms with Crippen molar-refractivity contribution in [1.29, 1.82) is 0 Å². The smallest absolute Gasteiger partial charge is 0.238 e. The highest BCUT2D eigenvalue weighted by Crippen LogP contribution is 2.20. The van der Waals surface area contributed by atoms with Gasteiger partial charge < -0.3 is 10.6 Å². The number of anilines is 1. The van der Waals surface area contributed by atoms with Crippen LogP contribution in [0.25, 0.3) is 0 Å². The molecule has 2 aromatic rings. The van der Waals surface area contributed by atoms with Crippen molar-refractivity contribution in [2.75, 3.05) is 11.9 Å². The van der Waals surface area contributed by atoms with Gasteiger partial charge in [0, 0.05) is 28.4 Å². The predicted octanol–water partition coefficient (Wildman–Crippen LogP) is 4.22. The number of carbonyl (C=O) groups excluding carboxylic acids is 1. The molecular formula is C17H17ClF2N2O. The van der Waals surface area contributed by atoms with Crippen LogP contribution in [-0.4, -0.2) is 12.5 Å². The summed E-state index contributed by atoms with van der Waals surface area (Å²) in [6.07, 6.45) is 0.